The molecule has 0 aliphatic rings. The number of aryl methyl sites for hydroxylation is 1. The summed E-state index contributed by atoms with van der Waals surface area (Å²) >= 11 is 0. The van der Waals surface area contributed by atoms with Gasteiger partial charge in [-0.05, 0) is 54.2 Å². The van der Waals surface area contributed by atoms with Crippen molar-refractivity contribution in [2.24, 2.45) is 0 Å². The van der Waals surface area contributed by atoms with E-state index < -0.39 is 5.97 Å². The Labute approximate surface area is 144 Å². The Bertz CT molecular complexity index is 677. The van der Waals surface area contributed by atoms with Crippen LogP contribution in [0.4, 0.5) is 0 Å². The summed E-state index contributed by atoms with van der Waals surface area (Å²) in [7, 11) is 1.64. The molecule has 0 saturated heterocycles. The molecule has 24 heavy (non-hydrogen) atoms. The molecule has 0 spiro atoms. The van der Waals surface area contributed by atoms with Crippen molar-refractivity contribution in [3.8, 4) is 5.75 Å². The molecular weight excluding hydrogens is 300 g/mol. The van der Waals surface area contributed by atoms with Crippen molar-refractivity contribution >= 4 is 5.97 Å². The van der Waals surface area contributed by atoms with E-state index in [1.54, 1.807) is 13.2 Å². The molecule has 0 heterocycles. The molecule has 3 nitrogen and oxygen atoms in total. The van der Waals surface area contributed by atoms with Crippen LogP contribution in [-0.4, -0.2) is 18.2 Å². The van der Waals surface area contributed by atoms with E-state index in [1.807, 2.05) is 30.3 Å². The van der Waals surface area contributed by atoms with Gasteiger partial charge in [0.25, 0.3) is 0 Å². The molecule has 0 aliphatic heterocycles. The van der Waals surface area contributed by atoms with Crippen molar-refractivity contribution < 1.29 is 14.6 Å². The van der Waals surface area contributed by atoms with Gasteiger partial charge < -0.3 is 9.84 Å². The first-order valence-corrected chi connectivity index (χ1v) is 8.62. The number of carboxylic acid groups (broad SMARTS) is 1. The number of benzene rings is 2. The van der Waals surface area contributed by atoms with Gasteiger partial charge in [0, 0.05) is 0 Å². The van der Waals surface area contributed by atoms with Gasteiger partial charge in [0.15, 0.2) is 0 Å². The molecule has 0 aliphatic carbocycles. The van der Waals surface area contributed by atoms with Gasteiger partial charge >= 0.3 is 5.97 Å². The van der Waals surface area contributed by atoms with Gasteiger partial charge in [-0.2, -0.15) is 0 Å². The van der Waals surface area contributed by atoms with Crippen LogP contribution in [0.2, 0.25) is 0 Å². The van der Waals surface area contributed by atoms with Crippen molar-refractivity contribution in [3.63, 3.8) is 0 Å². The normalized spacial score (nSPS) is 10.6. The monoisotopic (exact) mass is 326 g/mol. The second-order valence-corrected chi connectivity index (χ2v) is 6.14. The second-order valence-electron chi connectivity index (χ2n) is 6.14. The Morgan fingerprint density at radius 1 is 1.04 bits per heavy atom. The lowest BCUT2D eigenvalue weighted by Gasteiger charge is -2.10. The van der Waals surface area contributed by atoms with E-state index in [-0.39, 0.29) is 0 Å². The maximum Gasteiger partial charge on any atom is 0.335 e. The van der Waals surface area contributed by atoms with Crippen LogP contribution >= 0.6 is 0 Å². The smallest absolute Gasteiger partial charge is 0.335 e. The number of carboxylic acids is 1. The van der Waals surface area contributed by atoms with Crippen molar-refractivity contribution in [1.82, 2.24) is 0 Å². The quantitative estimate of drug-likeness (QED) is 0.652. The highest BCUT2D eigenvalue weighted by atomic mass is 16.5. The largest absolute Gasteiger partial charge is 0.497 e. The Morgan fingerprint density at radius 2 is 1.88 bits per heavy atom. The summed E-state index contributed by atoms with van der Waals surface area (Å²) in [5, 5.41) is 9.46. The predicted octanol–water partition coefficient (Wildman–Crippen LogP) is 5.11. The number of carbonyl (C=O) groups is 1. The average Bonchev–Trinajstić information content (AvgIpc) is 2.59. The number of ether oxygens (including phenoxy) is 1. The lowest BCUT2D eigenvalue weighted by Crippen LogP contribution is -2.04. The summed E-state index contributed by atoms with van der Waals surface area (Å²) in [6.45, 7) is 2.20. The van der Waals surface area contributed by atoms with Crippen LogP contribution < -0.4 is 4.74 Å². The highest BCUT2D eigenvalue weighted by Crippen LogP contribution is 2.21. The molecule has 2 rings (SSSR count). The summed E-state index contributed by atoms with van der Waals surface area (Å²) in [5.74, 6) is -0.0782. The molecule has 0 aromatic heterocycles. The molecule has 128 valence electrons. The second kappa shape index (κ2) is 9.11. The number of hydrogen-bond donors (Lipinski definition) is 1. The first-order chi connectivity index (χ1) is 11.6. The fourth-order valence-electron chi connectivity index (χ4n) is 2.92. The number of hydrogen-bond acceptors (Lipinski definition) is 2. The van der Waals surface area contributed by atoms with Crippen molar-refractivity contribution in [2.75, 3.05) is 7.11 Å². The van der Waals surface area contributed by atoms with Gasteiger partial charge in [-0.1, -0.05) is 50.5 Å². The van der Waals surface area contributed by atoms with Crippen LogP contribution in [0.5, 0.6) is 5.75 Å². The third kappa shape index (κ3) is 5.12. The highest BCUT2D eigenvalue weighted by molar-refractivity contribution is 5.89. The third-order valence-electron chi connectivity index (χ3n) is 4.25. The topological polar surface area (TPSA) is 46.5 Å². The summed E-state index contributed by atoms with van der Waals surface area (Å²) in [6.07, 6.45) is 6.46. The summed E-state index contributed by atoms with van der Waals surface area (Å²) in [5.41, 5.74) is 3.52. The molecule has 0 fully saturated rings. The first-order valence-electron chi connectivity index (χ1n) is 8.62. The molecule has 1 N–H and O–H groups in total. The average molecular weight is 326 g/mol. The Morgan fingerprint density at radius 3 is 2.58 bits per heavy atom. The van der Waals surface area contributed by atoms with Crippen LogP contribution in [0.25, 0.3) is 0 Å². The Balaban J connectivity index is 2.19. The summed E-state index contributed by atoms with van der Waals surface area (Å²) in [6, 6.07) is 13.5. The minimum absolute atomic E-state index is 0.384. The van der Waals surface area contributed by atoms with E-state index in [1.165, 1.54) is 24.8 Å². The van der Waals surface area contributed by atoms with Crippen LogP contribution in [0.3, 0.4) is 0 Å². The van der Waals surface area contributed by atoms with Gasteiger partial charge in [-0.25, -0.2) is 4.79 Å². The molecule has 0 amide bonds. The molecule has 0 bridgehead atoms. The third-order valence-corrected chi connectivity index (χ3v) is 4.25. The van der Waals surface area contributed by atoms with Crippen LogP contribution in [0.1, 0.15) is 59.7 Å². The molecule has 2 aromatic rings. The lowest BCUT2D eigenvalue weighted by molar-refractivity contribution is 0.0696. The van der Waals surface area contributed by atoms with Crippen LogP contribution in [-0.2, 0) is 12.8 Å². The summed E-state index contributed by atoms with van der Waals surface area (Å²) in [4.78, 5) is 11.5. The molecule has 0 radical (unpaired) electrons. The first kappa shape index (κ1) is 18.1. The van der Waals surface area contributed by atoms with Crippen LogP contribution in [0, 0.1) is 0 Å². The van der Waals surface area contributed by atoms with Gasteiger partial charge in [-0.15, -0.1) is 0 Å². The maximum atomic E-state index is 11.5. The minimum Gasteiger partial charge on any atom is -0.497 e. The lowest BCUT2D eigenvalue weighted by atomic mass is 9.95. The zero-order valence-electron chi connectivity index (χ0n) is 14.5. The maximum absolute atomic E-state index is 11.5. The highest BCUT2D eigenvalue weighted by Gasteiger charge is 2.12. The minimum atomic E-state index is -0.870. The van der Waals surface area contributed by atoms with Crippen LogP contribution in [0.15, 0.2) is 42.5 Å². The van der Waals surface area contributed by atoms with Crippen molar-refractivity contribution in [3.05, 3.63) is 64.7 Å². The van der Waals surface area contributed by atoms with E-state index in [4.69, 9.17) is 4.74 Å². The van der Waals surface area contributed by atoms with E-state index in [2.05, 4.69) is 13.0 Å². The molecule has 0 saturated carbocycles. The standard InChI is InChI=1S/C21H26O3/c1-3-4-5-6-8-16-11-12-20(21(22)23)18(13-16)14-17-9-7-10-19(15-17)24-2/h7,9-13,15H,3-6,8,14H2,1-2H3,(H,22,23). The Hall–Kier alpha value is -2.29. The van der Waals surface area contributed by atoms with E-state index in [0.29, 0.717) is 12.0 Å². The fraction of sp³-hybridized carbons (Fsp3) is 0.381. The number of aromatic carboxylic acids is 1. The van der Waals surface area contributed by atoms with Gasteiger partial charge in [0.1, 0.15) is 5.75 Å². The number of methoxy groups -OCH3 is 1. The molecule has 0 unspecified atom stereocenters. The zero-order valence-corrected chi connectivity index (χ0v) is 14.5. The summed E-state index contributed by atoms with van der Waals surface area (Å²) < 4.78 is 5.25. The van der Waals surface area contributed by atoms with Gasteiger partial charge in [0.05, 0.1) is 12.7 Å². The van der Waals surface area contributed by atoms with Gasteiger partial charge in [-0.3, -0.25) is 0 Å². The molecular formula is C21H26O3. The molecule has 2 aromatic carbocycles. The number of unbranched alkanes of at least 4 members (excludes halogenated alkanes) is 3. The van der Waals surface area contributed by atoms with Crippen molar-refractivity contribution in [2.45, 2.75) is 45.4 Å². The fourth-order valence-corrected chi connectivity index (χ4v) is 2.92. The van der Waals surface area contributed by atoms with Gasteiger partial charge in [0.2, 0.25) is 0 Å². The Kier molecular flexibility index (Phi) is 6.86. The van der Waals surface area contributed by atoms with E-state index in [0.717, 1.165) is 29.7 Å². The number of rotatable bonds is 9. The molecule has 3 heteroatoms. The molecule has 0 atom stereocenters. The SMILES string of the molecule is CCCCCCc1ccc(C(=O)O)c(Cc2cccc(OC)c2)c1. The predicted molar refractivity (Wildman–Crippen MR) is 97.0 cm³/mol. The van der Waals surface area contributed by atoms with E-state index in [9.17, 15) is 9.90 Å². The van der Waals surface area contributed by atoms with Crippen molar-refractivity contribution in [1.29, 1.82) is 0 Å². The van der Waals surface area contributed by atoms with E-state index >= 15 is 0 Å². The zero-order chi connectivity index (χ0) is 17.4.